The maximum absolute atomic E-state index is 6.24. The summed E-state index contributed by atoms with van der Waals surface area (Å²) in [6.45, 7) is 6.22. The fourth-order valence-electron chi connectivity index (χ4n) is 4.39. The van der Waals surface area contributed by atoms with E-state index >= 15 is 0 Å². The lowest BCUT2D eigenvalue weighted by Gasteiger charge is -2.46. The van der Waals surface area contributed by atoms with Gasteiger partial charge in [0, 0.05) is 32.2 Å². The fraction of sp³-hybridized carbons (Fsp3) is 0.846. The van der Waals surface area contributed by atoms with Crippen molar-refractivity contribution < 1.29 is 0 Å². The van der Waals surface area contributed by atoms with Gasteiger partial charge in [-0.3, -0.25) is 9.80 Å². The van der Waals surface area contributed by atoms with Gasteiger partial charge < -0.3 is 10.3 Å². The molecule has 2 atom stereocenters. The lowest BCUT2D eigenvalue weighted by molar-refractivity contribution is 0.0397. The predicted molar refractivity (Wildman–Crippen MR) is 71.4 cm³/mol. The zero-order valence-electron chi connectivity index (χ0n) is 11.3. The Morgan fingerprint density at radius 3 is 3.16 bits per heavy atom. The normalized spacial score (nSPS) is 35.5. The molecule has 0 saturated carbocycles. The van der Waals surface area contributed by atoms with E-state index in [4.69, 9.17) is 5.73 Å². The van der Waals surface area contributed by atoms with E-state index in [-0.39, 0.29) is 5.54 Å². The minimum Gasteiger partial charge on any atom is -0.329 e. The SMILES string of the molecule is NCC1(N2CCn3cnnc3C2)CCN2CCCC21. The lowest BCUT2D eigenvalue weighted by Crippen LogP contribution is -2.61. The standard InChI is InChI=1S/C13H22N6/c14-9-13(3-5-17-4-1-2-11(13)17)19-7-6-18-10-15-16-12(18)8-19/h10-11H,1-9,14H2. The van der Waals surface area contributed by atoms with Crippen LogP contribution in [0.5, 0.6) is 0 Å². The molecule has 0 radical (unpaired) electrons. The fourth-order valence-corrected chi connectivity index (χ4v) is 4.39. The van der Waals surface area contributed by atoms with Crippen molar-refractivity contribution in [2.45, 2.75) is 43.9 Å². The lowest BCUT2D eigenvalue weighted by atomic mass is 9.86. The van der Waals surface area contributed by atoms with E-state index in [9.17, 15) is 0 Å². The van der Waals surface area contributed by atoms with Gasteiger partial charge >= 0.3 is 0 Å². The molecule has 0 bridgehead atoms. The molecule has 2 fully saturated rings. The third-order valence-electron chi connectivity index (χ3n) is 5.44. The van der Waals surface area contributed by atoms with Gasteiger partial charge in [0.2, 0.25) is 0 Å². The molecule has 0 amide bonds. The molecule has 3 aliphatic heterocycles. The molecular weight excluding hydrogens is 240 g/mol. The van der Waals surface area contributed by atoms with Crippen molar-refractivity contribution in [2.24, 2.45) is 5.73 Å². The summed E-state index contributed by atoms with van der Waals surface area (Å²) in [5.74, 6) is 1.09. The second-order valence-electron chi connectivity index (χ2n) is 6.11. The minimum absolute atomic E-state index is 0.174. The number of aromatic nitrogens is 3. The molecule has 0 spiro atoms. The highest BCUT2D eigenvalue weighted by atomic mass is 15.4. The molecule has 104 valence electrons. The summed E-state index contributed by atoms with van der Waals surface area (Å²) in [6.07, 6.45) is 5.69. The van der Waals surface area contributed by atoms with Crippen molar-refractivity contribution in [3.8, 4) is 0 Å². The summed E-state index contributed by atoms with van der Waals surface area (Å²) in [4.78, 5) is 5.24. The molecule has 19 heavy (non-hydrogen) atoms. The number of nitrogens with zero attached hydrogens (tertiary/aromatic N) is 5. The quantitative estimate of drug-likeness (QED) is 0.790. The van der Waals surface area contributed by atoms with E-state index in [1.807, 2.05) is 6.33 Å². The summed E-state index contributed by atoms with van der Waals surface area (Å²) < 4.78 is 2.17. The van der Waals surface area contributed by atoms with E-state index in [0.29, 0.717) is 6.04 Å². The Morgan fingerprint density at radius 1 is 1.32 bits per heavy atom. The molecule has 6 heteroatoms. The van der Waals surface area contributed by atoms with Crippen LogP contribution in [-0.4, -0.2) is 62.3 Å². The average molecular weight is 262 g/mol. The summed E-state index contributed by atoms with van der Waals surface area (Å²) in [7, 11) is 0. The summed E-state index contributed by atoms with van der Waals surface area (Å²) >= 11 is 0. The zero-order valence-corrected chi connectivity index (χ0v) is 11.3. The van der Waals surface area contributed by atoms with Gasteiger partial charge in [-0.05, 0) is 25.8 Å². The maximum Gasteiger partial charge on any atom is 0.147 e. The highest BCUT2D eigenvalue weighted by Gasteiger charge is 2.52. The topological polar surface area (TPSA) is 63.2 Å². The highest BCUT2D eigenvalue weighted by Crippen LogP contribution is 2.40. The summed E-state index contributed by atoms with van der Waals surface area (Å²) in [5, 5.41) is 8.27. The van der Waals surface area contributed by atoms with Crippen LogP contribution >= 0.6 is 0 Å². The monoisotopic (exact) mass is 262 g/mol. The van der Waals surface area contributed by atoms with Crippen LogP contribution in [0, 0.1) is 0 Å². The van der Waals surface area contributed by atoms with Crippen molar-refractivity contribution in [2.75, 3.05) is 26.2 Å². The third-order valence-corrected chi connectivity index (χ3v) is 5.44. The molecule has 4 heterocycles. The molecule has 0 aromatic carbocycles. The van der Waals surface area contributed by atoms with E-state index < -0.39 is 0 Å². The average Bonchev–Trinajstić information content (AvgIpc) is 3.14. The van der Waals surface area contributed by atoms with Gasteiger partial charge in [0.1, 0.15) is 12.2 Å². The maximum atomic E-state index is 6.24. The Kier molecular flexibility index (Phi) is 2.65. The van der Waals surface area contributed by atoms with Crippen LogP contribution in [0.2, 0.25) is 0 Å². The van der Waals surface area contributed by atoms with Crippen LogP contribution in [0.4, 0.5) is 0 Å². The van der Waals surface area contributed by atoms with Gasteiger partial charge in [-0.15, -0.1) is 10.2 Å². The molecule has 2 unspecified atom stereocenters. The molecule has 2 saturated heterocycles. The van der Waals surface area contributed by atoms with Crippen LogP contribution in [0.1, 0.15) is 25.1 Å². The van der Waals surface area contributed by atoms with Crippen LogP contribution < -0.4 is 5.73 Å². The Labute approximate surface area is 113 Å². The molecule has 2 N–H and O–H groups in total. The minimum atomic E-state index is 0.174. The largest absolute Gasteiger partial charge is 0.329 e. The number of nitrogens with two attached hydrogens (primary N) is 1. The number of hydrogen-bond acceptors (Lipinski definition) is 5. The van der Waals surface area contributed by atoms with E-state index in [2.05, 4.69) is 24.6 Å². The van der Waals surface area contributed by atoms with E-state index in [1.165, 1.54) is 32.4 Å². The van der Waals surface area contributed by atoms with Gasteiger partial charge in [-0.2, -0.15) is 0 Å². The highest BCUT2D eigenvalue weighted by molar-refractivity contribution is 5.11. The van der Waals surface area contributed by atoms with E-state index in [0.717, 1.165) is 32.0 Å². The predicted octanol–water partition coefficient (Wildman–Crippen LogP) is -0.341. The van der Waals surface area contributed by atoms with Crippen LogP contribution in [0.25, 0.3) is 0 Å². The molecule has 3 aliphatic rings. The molecule has 1 aromatic rings. The molecular formula is C13H22N6. The second kappa shape index (κ2) is 4.26. The first kappa shape index (κ1) is 11.8. The molecule has 4 rings (SSSR count). The molecule has 6 nitrogen and oxygen atoms in total. The zero-order chi connectivity index (χ0) is 12.9. The first-order chi connectivity index (χ1) is 9.33. The van der Waals surface area contributed by atoms with Crippen molar-refractivity contribution in [1.82, 2.24) is 24.6 Å². The Morgan fingerprint density at radius 2 is 2.26 bits per heavy atom. The Balaban J connectivity index is 1.63. The van der Waals surface area contributed by atoms with Gasteiger partial charge in [0.05, 0.1) is 12.1 Å². The number of hydrogen-bond donors (Lipinski definition) is 1. The summed E-state index contributed by atoms with van der Waals surface area (Å²) in [5.41, 5.74) is 6.41. The van der Waals surface area contributed by atoms with Crippen molar-refractivity contribution in [3.63, 3.8) is 0 Å². The Hall–Kier alpha value is -0.980. The van der Waals surface area contributed by atoms with Crippen molar-refractivity contribution >= 4 is 0 Å². The van der Waals surface area contributed by atoms with Crippen LogP contribution in [0.3, 0.4) is 0 Å². The summed E-state index contributed by atoms with van der Waals surface area (Å²) in [6, 6.07) is 0.659. The molecule has 0 aliphatic carbocycles. The van der Waals surface area contributed by atoms with Gasteiger partial charge in [0.25, 0.3) is 0 Å². The van der Waals surface area contributed by atoms with Gasteiger partial charge in [-0.25, -0.2) is 0 Å². The van der Waals surface area contributed by atoms with Crippen LogP contribution in [-0.2, 0) is 13.1 Å². The Bertz CT molecular complexity index is 471. The van der Waals surface area contributed by atoms with Crippen molar-refractivity contribution in [3.05, 3.63) is 12.2 Å². The third kappa shape index (κ3) is 1.60. The number of rotatable bonds is 2. The van der Waals surface area contributed by atoms with E-state index in [1.54, 1.807) is 0 Å². The van der Waals surface area contributed by atoms with Gasteiger partial charge in [0.15, 0.2) is 0 Å². The second-order valence-corrected chi connectivity index (χ2v) is 6.11. The first-order valence-corrected chi connectivity index (χ1v) is 7.39. The van der Waals surface area contributed by atoms with Gasteiger partial charge in [-0.1, -0.05) is 0 Å². The van der Waals surface area contributed by atoms with Crippen LogP contribution in [0.15, 0.2) is 6.33 Å². The first-order valence-electron chi connectivity index (χ1n) is 7.39. The molecule has 1 aromatic heterocycles. The number of fused-ring (bicyclic) bond motifs is 2. The smallest absolute Gasteiger partial charge is 0.147 e. The van der Waals surface area contributed by atoms with Crippen molar-refractivity contribution in [1.29, 1.82) is 0 Å².